The first-order valence-corrected chi connectivity index (χ1v) is 5.74. The average molecular weight is 220 g/mol. The zero-order valence-electron chi connectivity index (χ0n) is 8.53. The fourth-order valence-corrected chi connectivity index (χ4v) is 2.27. The lowest BCUT2D eigenvalue weighted by atomic mass is 10.1. The quantitative estimate of drug-likeness (QED) is 0.740. The van der Waals surface area contributed by atoms with Crippen molar-refractivity contribution in [2.75, 3.05) is 0 Å². The summed E-state index contributed by atoms with van der Waals surface area (Å²) in [6.45, 7) is 2.09. The Balaban J connectivity index is 2.08. The Morgan fingerprint density at radius 2 is 2.27 bits per heavy atom. The minimum Gasteiger partial charge on any atom is -0.472 e. The number of Topliss-reactive ketones (excluding diaryl/α,β-unsaturated/α-hetero) is 1. The van der Waals surface area contributed by atoms with Crippen molar-refractivity contribution >= 4 is 17.1 Å². The molecule has 0 bridgehead atoms. The SMILES string of the molecule is CCc1ccc(C(=O)Cc2ccoc2)s1. The van der Waals surface area contributed by atoms with Gasteiger partial charge in [0, 0.05) is 11.3 Å². The van der Waals surface area contributed by atoms with Crippen molar-refractivity contribution in [1.82, 2.24) is 0 Å². The molecule has 15 heavy (non-hydrogen) atoms. The molecule has 2 nitrogen and oxygen atoms in total. The van der Waals surface area contributed by atoms with Crippen molar-refractivity contribution in [3.05, 3.63) is 46.0 Å². The van der Waals surface area contributed by atoms with Gasteiger partial charge in [-0.15, -0.1) is 11.3 Å². The van der Waals surface area contributed by atoms with Gasteiger partial charge in [-0.05, 0) is 30.2 Å². The molecular weight excluding hydrogens is 208 g/mol. The van der Waals surface area contributed by atoms with Crippen LogP contribution in [-0.4, -0.2) is 5.78 Å². The van der Waals surface area contributed by atoms with Crippen molar-refractivity contribution < 1.29 is 9.21 Å². The highest BCUT2D eigenvalue weighted by molar-refractivity contribution is 7.14. The molecule has 2 aromatic rings. The van der Waals surface area contributed by atoms with Crippen molar-refractivity contribution in [2.45, 2.75) is 19.8 Å². The summed E-state index contributed by atoms with van der Waals surface area (Å²) in [6.07, 6.45) is 4.63. The van der Waals surface area contributed by atoms with Crippen molar-refractivity contribution in [2.24, 2.45) is 0 Å². The van der Waals surface area contributed by atoms with Crippen LogP contribution in [0.3, 0.4) is 0 Å². The number of hydrogen-bond acceptors (Lipinski definition) is 3. The Kier molecular flexibility index (Phi) is 3.02. The smallest absolute Gasteiger partial charge is 0.177 e. The van der Waals surface area contributed by atoms with E-state index in [9.17, 15) is 4.79 Å². The van der Waals surface area contributed by atoms with Crippen LogP contribution in [0.15, 0.2) is 35.1 Å². The minimum absolute atomic E-state index is 0.168. The molecule has 0 saturated heterocycles. The summed E-state index contributed by atoms with van der Waals surface area (Å²) < 4.78 is 4.93. The summed E-state index contributed by atoms with van der Waals surface area (Å²) in [6, 6.07) is 5.76. The van der Waals surface area contributed by atoms with Gasteiger partial charge < -0.3 is 4.42 Å². The Labute approximate surface area is 92.5 Å². The molecule has 0 saturated carbocycles. The molecule has 78 valence electrons. The van der Waals surface area contributed by atoms with Gasteiger partial charge in [-0.2, -0.15) is 0 Å². The number of carbonyl (C=O) groups excluding carboxylic acids is 1. The Morgan fingerprint density at radius 1 is 1.40 bits per heavy atom. The number of hydrogen-bond donors (Lipinski definition) is 0. The van der Waals surface area contributed by atoms with Crippen molar-refractivity contribution in [3.63, 3.8) is 0 Å². The van der Waals surface area contributed by atoms with Crippen molar-refractivity contribution in [3.8, 4) is 0 Å². The lowest BCUT2D eigenvalue weighted by Crippen LogP contribution is -1.99. The predicted molar refractivity (Wildman–Crippen MR) is 60.4 cm³/mol. The van der Waals surface area contributed by atoms with Gasteiger partial charge in [-0.25, -0.2) is 0 Å². The van der Waals surface area contributed by atoms with E-state index in [0.29, 0.717) is 6.42 Å². The van der Waals surface area contributed by atoms with Gasteiger partial charge in [0.15, 0.2) is 5.78 Å². The highest BCUT2D eigenvalue weighted by Crippen LogP contribution is 2.19. The molecule has 3 heteroatoms. The van der Waals surface area contributed by atoms with E-state index in [2.05, 4.69) is 6.92 Å². The molecule has 2 heterocycles. The Hall–Kier alpha value is -1.35. The molecule has 0 N–H and O–H groups in total. The monoisotopic (exact) mass is 220 g/mol. The van der Waals surface area contributed by atoms with Crippen LogP contribution in [0.25, 0.3) is 0 Å². The maximum Gasteiger partial charge on any atom is 0.177 e. The van der Waals surface area contributed by atoms with Gasteiger partial charge in [-0.3, -0.25) is 4.79 Å². The fourth-order valence-electron chi connectivity index (χ4n) is 1.38. The molecule has 0 atom stereocenters. The summed E-state index contributed by atoms with van der Waals surface area (Å²) >= 11 is 1.58. The van der Waals surface area contributed by atoms with Gasteiger partial charge >= 0.3 is 0 Å². The fraction of sp³-hybridized carbons (Fsp3) is 0.250. The van der Waals surface area contributed by atoms with E-state index in [4.69, 9.17) is 4.42 Å². The van der Waals surface area contributed by atoms with Crippen LogP contribution >= 0.6 is 11.3 Å². The maximum absolute atomic E-state index is 11.8. The van der Waals surface area contributed by atoms with E-state index in [1.54, 1.807) is 23.9 Å². The van der Waals surface area contributed by atoms with Crippen LogP contribution in [0, 0.1) is 0 Å². The minimum atomic E-state index is 0.168. The van der Waals surface area contributed by atoms with Crippen LogP contribution < -0.4 is 0 Å². The molecule has 0 unspecified atom stereocenters. The number of thiophene rings is 1. The summed E-state index contributed by atoms with van der Waals surface area (Å²) in [5.74, 6) is 0.168. The third-order valence-corrected chi connectivity index (χ3v) is 3.50. The first-order valence-electron chi connectivity index (χ1n) is 4.92. The third kappa shape index (κ3) is 2.36. The van der Waals surface area contributed by atoms with E-state index in [0.717, 1.165) is 16.9 Å². The first-order chi connectivity index (χ1) is 7.29. The topological polar surface area (TPSA) is 30.2 Å². The summed E-state index contributed by atoms with van der Waals surface area (Å²) in [4.78, 5) is 13.9. The summed E-state index contributed by atoms with van der Waals surface area (Å²) in [5.41, 5.74) is 0.937. The van der Waals surface area contributed by atoms with Crippen LogP contribution in [0.1, 0.15) is 27.0 Å². The number of carbonyl (C=O) groups is 1. The second-order valence-corrected chi connectivity index (χ2v) is 4.52. The third-order valence-electron chi connectivity index (χ3n) is 2.23. The second-order valence-electron chi connectivity index (χ2n) is 3.35. The molecule has 0 aliphatic heterocycles. The lowest BCUT2D eigenvalue weighted by molar-refractivity contribution is 0.0996. The highest BCUT2D eigenvalue weighted by atomic mass is 32.1. The van der Waals surface area contributed by atoms with Gasteiger partial charge in [0.05, 0.1) is 17.4 Å². The van der Waals surface area contributed by atoms with E-state index in [1.165, 1.54) is 4.88 Å². The second kappa shape index (κ2) is 4.45. The molecule has 0 aliphatic carbocycles. The van der Waals surface area contributed by atoms with E-state index in [-0.39, 0.29) is 5.78 Å². The van der Waals surface area contributed by atoms with Gasteiger partial charge in [0.1, 0.15) is 0 Å². The maximum atomic E-state index is 11.8. The summed E-state index contributed by atoms with van der Waals surface area (Å²) in [5, 5.41) is 0. The van der Waals surface area contributed by atoms with E-state index in [1.807, 2.05) is 18.2 Å². The molecule has 2 rings (SSSR count). The highest BCUT2D eigenvalue weighted by Gasteiger charge is 2.10. The zero-order valence-corrected chi connectivity index (χ0v) is 9.34. The van der Waals surface area contributed by atoms with Crippen molar-refractivity contribution in [1.29, 1.82) is 0 Å². The zero-order chi connectivity index (χ0) is 10.7. The number of rotatable bonds is 4. The molecule has 2 aromatic heterocycles. The molecule has 0 aromatic carbocycles. The Bertz CT molecular complexity index is 440. The lowest BCUT2D eigenvalue weighted by Gasteiger charge is -1.93. The Morgan fingerprint density at radius 3 is 2.87 bits per heavy atom. The molecule has 0 amide bonds. The number of furan rings is 1. The van der Waals surface area contributed by atoms with E-state index < -0.39 is 0 Å². The van der Waals surface area contributed by atoms with Crippen LogP contribution in [0.2, 0.25) is 0 Å². The standard InChI is InChI=1S/C12H12O2S/c1-2-10-3-4-12(15-10)11(13)7-9-5-6-14-8-9/h3-6,8H,2,7H2,1H3. The van der Waals surface area contributed by atoms with E-state index >= 15 is 0 Å². The molecule has 0 radical (unpaired) electrons. The number of ketones is 1. The largest absolute Gasteiger partial charge is 0.472 e. The summed E-state index contributed by atoms with van der Waals surface area (Å²) in [7, 11) is 0. The van der Waals surface area contributed by atoms with Gasteiger partial charge in [-0.1, -0.05) is 6.92 Å². The molecule has 0 fully saturated rings. The number of aryl methyl sites for hydroxylation is 1. The molecular formula is C12H12O2S. The van der Waals surface area contributed by atoms with Gasteiger partial charge in [0.25, 0.3) is 0 Å². The average Bonchev–Trinajstić information content (AvgIpc) is 2.86. The van der Waals surface area contributed by atoms with Crippen LogP contribution in [0.5, 0.6) is 0 Å². The van der Waals surface area contributed by atoms with Crippen LogP contribution in [0.4, 0.5) is 0 Å². The normalized spacial score (nSPS) is 10.5. The van der Waals surface area contributed by atoms with Gasteiger partial charge in [0.2, 0.25) is 0 Å². The van der Waals surface area contributed by atoms with Crippen LogP contribution in [-0.2, 0) is 12.8 Å². The first kappa shape index (κ1) is 10.2. The molecule has 0 aliphatic rings. The predicted octanol–water partition coefficient (Wildman–Crippen LogP) is 3.33. The molecule has 0 spiro atoms.